The predicted octanol–water partition coefficient (Wildman–Crippen LogP) is 2.75. The van der Waals surface area contributed by atoms with Gasteiger partial charge < -0.3 is 15.5 Å². The largest absolute Gasteiger partial charge is 0.347 e. The fraction of sp³-hybridized carbons (Fsp3) is 0.364. The number of benzene rings is 2. The van der Waals surface area contributed by atoms with Gasteiger partial charge in [0, 0.05) is 43.2 Å². The topological polar surface area (TPSA) is 61.4 Å². The molecule has 29 heavy (non-hydrogen) atoms. The standard InChI is InChI=1S/C22H23F2N3O2/c1-13(28)27-9-7-15-10-16(3-5-21(15)27)22(29)26-20-12-25-8-6-17(20)14-2-4-18(23)19(24)11-14/h2-5,10-11,17,20,25H,6-9,12H2,1H3,(H,26,29). The van der Waals surface area contributed by atoms with Gasteiger partial charge in [-0.2, -0.15) is 0 Å². The number of hydrogen-bond donors (Lipinski definition) is 2. The predicted molar refractivity (Wildman–Crippen MR) is 106 cm³/mol. The maximum absolute atomic E-state index is 13.7. The Hall–Kier alpha value is -2.80. The van der Waals surface area contributed by atoms with Crippen LogP contribution in [0.1, 0.15) is 40.7 Å². The van der Waals surface area contributed by atoms with Crippen molar-refractivity contribution in [2.75, 3.05) is 24.5 Å². The number of amides is 2. The Morgan fingerprint density at radius 3 is 2.72 bits per heavy atom. The highest BCUT2D eigenvalue weighted by Crippen LogP contribution is 2.30. The molecule has 0 aromatic heterocycles. The zero-order valence-electron chi connectivity index (χ0n) is 16.2. The summed E-state index contributed by atoms with van der Waals surface area (Å²) in [6.07, 6.45) is 1.44. The van der Waals surface area contributed by atoms with Crippen LogP contribution < -0.4 is 15.5 Å². The maximum Gasteiger partial charge on any atom is 0.251 e. The molecular weight excluding hydrogens is 376 g/mol. The van der Waals surface area contributed by atoms with Gasteiger partial charge in [-0.1, -0.05) is 6.07 Å². The van der Waals surface area contributed by atoms with Crippen molar-refractivity contribution >= 4 is 17.5 Å². The van der Waals surface area contributed by atoms with Gasteiger partial charge in [0.05, 0.1) is 0 Å². The molecule has 152 valence electrons. The van der Waals surface area contributed by atoms with Crippen LogP contribution in [0.5, 0.6) is 0 Å². The summed E-state index contributed by atoms with van der Waals surface area (Å²) in [6.45, 7) is 3.46. The van der Waals surface area contributed by atoms with Crippen LogP contribution in [-0.4, -0.2) is 37.5 Å². The molecule has 2 amide bonds. The molecule has 2 aromatic rings. The normalized spacial score (nSPS) is 21.0. The lowest BCUT2D eigenvalue weighted by molar-refractivity contribution is -0.116. The number of anilines is 1. The molecule has 2 aliphatic heterocycles. The molecule has 2 aromatic carbocycles. The lowest BCUT2D eigenvalue weighted by Gasteiger charge is -2.33. The van der Waals surface area contributed by atoms with Gasteiger partial charge in [-0.05, 0) is 60.8 Å². The number of fused-ring (bicyclic) bond motifs is 1. The van der Waals surface area contributed by atoms with Crippen LogP contribution in [0.25, 0.3) is 0 Å². The Morgan fingerprint density at radius 2 is 1.97 bits per heavy atom. The van der Waals surface area contributed by atoms with E-state index in [2.05, 4.69) is 10.6 Å². The number of halogens is 2. The summed E-state index contributed by atoms with van der Waals surface area (Å²) >= 11 is 0. The van der Waals surface area contributed by atoms with Gasteiger partial charge in [0.25, 0.3) is 5.91 Å². The van der Waals surface area contributed by atoms with E-state index in [-0.39, 0.29) is 23.8 Å². The molecule has 5 nitrogen and oxygen atoms in total. The van der Waals surface area contributed by atoms with Crippen LogP contribution in [0, 0.1) is 11.6 Å². The molecule has 7 heteroatoms. The molecule has 0 radical (unpaired) electrons. The lowest BCUT2D eigenvalue weighted by atomic mass is 9.85. The van der Waals surface area contributed by atoms with E-state index in [9.17, 15) is 18.4 Å². The van der Waals surface area contributed by atoms with Gasteiger partial charge in [0.2, 0.25) is 5.91 Å². The number of hydrogen-bond acceptors (Lipinski definition) is 3. The van der Waals surface area contributed by atoms with Crippen molar-refractivity contribution in [3.05, 3.63) is 64.7 Å². The third kappa shape index (κ3) is 3.87. The van der Waals surface area contributed by atoms with E-state index >= 15 is 0 Å². The van der Waals surface area contributed by atoms with Crippen molar-refractivity contribution < 1.29 is 18.4 Å². The fourth-order valence-electron chi connectivity index (χ4n) is 4.27. The highest BCUT2D eigenvalue weighted by molar-refractivity contribution is 5.98. The Kier molecular flexibility index (Phi) is 5.32. The molecular formula is C22H23F2N3O2. The first-order chi connectivity index (χ1) is 13.9. The summed E-state index contributed by atoms with van der Waals surface area (Å²) < 4.78 is 27.0. The van der Waals surface area contributed by atoms with E-state index in [1.54, 1.807) is 17.0 Å². The zero-order valence-corrected chi connectivity index (χ0v) is 16.2. The first kappa shape index (κ1) is 19.5. The molecule has 2 aliphatic rings. The number of nitrogens with one attached hydrogen (secondary N) is 2. The van der Waals surface area contributed by atoms with Gasteiger partial charge in [0.1, 0.15) is 0 Å². The quantitative estimate of drug-likeness (QED) is 0.834. The van der Waals surface area contributed by atoms with Crippen molar-refractivity contribution in [3.8, 4) is 0 Å². The Labute approximate surface area is 168 Å². The van der Waals surface area contributed by atoms with Crippen LogP contribution in [0.3, 0.4) is 0 Å². The summed E-state index contributed by atoms with van der Waals surface area (Å²) in [5.41, 5.74) is 3.05. The van der Waals surface area contributed by atoms with Crippen LogP contribution >= 0.6 is 0 Å². The minimum atomic E-state index is -0.875. The first-order valence-electron chi connectivity index (χ1n) is 9.81. The second-order valence-corrected chi connectivity index (χ2v) is 7.62. The van der Waals surface area contributed by atoms with Gasteiger partial charge >= 0.3 is 0 Å². The molecule has 2 heterocycles. The maximum atomic E-state index is 13.7. The Bertz CT molecular complexity index is 963. The molecule has 0 saturated carbocycles. The van der Waals surface area contributed by atoms with Crippen molar-refractivity contribution in [1.82, 2.24) is 10.6 Å². The summed E-state index contributed by atoms with van der Waals surface area (Å²) in [7, 11) is 0. The Balaban J connectivity index is 1.52. The van der Waals surface area contributed by atoms with Gasteiger partial charge in [-0.15, -0.1) is 0 Å². The van der Waals surface area contributed by atoms with Crippen molar-refractivity contribution in [1.29, 1.82) is 0 Å². The molecule has 0 bridgehead atoms. The fourth-order valence-corrected chi connectivity index (χ4v) is 4.27. The van der Waals surface area contributed by atoms with Gasteiger partial charge in [0.15, 0.2) is 11.6 Å². The number of nitrogens with zero attached hydrogens (tertiary/aromatic N) is 1. The second-order valence-electron chi connectivity index (χ2n) is 7.62. The molecule has 2 N–H and O–H groups in total. The van der Waals surface area contributed by atoms with Crippen LogP contribution in [-0.2, 0) is 11.2 Å². The zero-order chi connectivity index (χ0) is 20.5. The lowest BCUT2D eigenvalue weighted by Crippen LogP contribution is -2.50. The van der Waals surface area contributed by atoms with E-state index in [0.29, 0.717) is 30.6 Å². The third-order valence-corrected chi connectivity index (χ3v) is 5.79. The van der Waals surface area contributed by atoms with Crippen molar-refractivity contribution in [3.63, 3.8) is 0 Å². The van der Waals surface area contributed by atoms with E-state index in [0.717, 1.165) is 30.3 Å². The van der Waals surface area contributed by atoms with Crippen LogP contribution in [0.15, 0.2) is 36.4 Å². The SMILES string of the molecule is CC(=O)N1CCc2cc(C(=O)NC3CNCCC3c3ccc(F)c(F)c3)ccc21. The van der Waals surface area contributed by atoms with Crippen LogP contribution in [0.2, 0.25) is 0 Å². The van der Waals surface area contributed by atoms with E-state index in [4.69, 9.17) is 0 Å². The molecule has 2 unspecified atom stereocenters. The summed E-state index contributed by atoms with van der Waals surface area (Å²) in [5, 5.41) is 6.30. The first-order valence-corrected chi connectivity index (χ1v) is 9.81. The minimum absolute atomic E-state index is 0.0106. The molecule has 1 saturated heterocycles. The second kappa shape index (κ2) is 7.91. The van der Waals surface area contributed by atoms with Crippen LogP contribution in [0.4, 0.5) is 14.5 Å². The summed E-state index contributed by atoms with van der Waals surface area (Å²) in [4.78, 5) is 26.3. The molecule has 0 aliphatic carbocycles. The van der Waals surface area contributed by atoms with E-state index in [1.165, 1.54) is 13.0 Å². The van der Waals surface area contributed by atoms with Crippen molar-refractivity contribution in [2.45, 2.75) is 31.7 Å². The molecule has 2 atom stereocenters. The third-order valence-electron chi connectivity index (χ3n) is 5.79. The number of piperidine rings is 1. The van der Waals surface area contributed by atoms with Gasteiger partial charge in [-0.25, -0.2) is 8.78 Å². The summed E-state index contributed by atoms with van der Waals surface area (Å²) in [5.74, 6) is -2.07. The van der Waals surface area contributed by atoms with Crippen molar-refractivity contribution in [2.24, 2.45) is 0 Å². The van der Waals surface area contributed by atoms with Gasteiger partial charge in [-0.3, -0.25) is 9.59 Å². The number of carbonyl (C=O) groups excluding carboxylic acids is 2. The molecule has 1 fully saturated rings. The van der Waals surface area contributed by atoms with E-state index in [1.807, 2.05) is 12.1 Å². The summed E-state index contributed by atoms with van der Waals surface area (Å²) in [6, 6.07) is 9.06. The molecule has 4 rings (SSSR count). The minimum Gasteiger partial charge on any atom is -0.347 e. The number of carbonyl (C=O) groups is 2. The number of rotatable bonds is 3. The highest BCUT2D eigenvalue weighted by Gasteiger charge is 2.29. The molecule has 0 spiro atoms. The Morgan fingerprint density at radius 1 is 1.14 bits per heavy atom. The van der Waals surface area contributed by atoms with E-state index < -0.39 is 11.6 Å². The highest BCUT2D eigenvalue weighted by atomic mass is 19.2. The average Bonchev–Trinajstić information content (AvgIpc) is 3.14. The smallest absolute Gasteiger partial charge is 0.251 e. The monoisotopic (exact) mass is 399 g/mol. The average molecular weight is 399 g/mol.